The van der Waals surface area contributed by atoms with Crippen molar-refractivity contribution in [1.29, 1.82) is 0 Å². The lowest BCUT2D eigenvalue weighted by Crippen LogP contribution is -1.93. The van der Waals surface area contributed by atoms with Gasteiger partial charge in [0.05, 0.1) is 5.70 Å². The number of carbonyl (C=O) groups excluding carboxylic acids is 1. The maximum Gasteiger partial charge on any atom is 0.150 e. The average Bonchev–Trinajstić information content (AvgIpc) is 2.43. The van der Waals surface area contributed by atoms with E-state index in [1.807, 2.05) is 12.1 Å². The first kappa shape index (κ1) is 15.4. The standard InChI is InChI=1S/C17H23NO/c1-4-5-6-7-8-14(2)18-15(3)17-11-9-16(13-19)10-12-17/h9-13H,3-8H2,1-2H3. The SMILES string of the molecule is C=C(N=C(C)CCCCCC)c1ccc(C=O)cc1. The van der Waals surface area contributed by atoms with E-state index in [9.17, 15) is 4.79 Å². The van der Waals surface area contributed by atoms with E-state index in [1.165, 1.54) is 25.7 Å². The van der Waals surface area contributed by atoms with Crippen molar-refractivity contribution in [2.24, 2.45) is 4.99 Å². The van der Waals surface area contributed by atoms with E-state index in [0.717, 1.165) is 29.7 Å². The second-order valence-corrected chi connectivity index (χ2v) is 4.84. The van der Waals surface area contributed by atoms with Crippen LogP contribution >= 0.6 is 0 Å². The van der Waals surface area contributed by atoms with Crippen LogP contribution in [0.5, 0.6) is 0 Å². The number of aliphatic imine (C=N–C) groups is 1. The van der Waals surface area contributed by atoms with E-state index in [4.69, 9.17) is 0 Å². The van der Waals surface area contributed by atoms with Crippen molar-refractivity contribution in [3.8, 4) is 0 Å². The molecule has 0 saturated heterocycles. The summed E-state index contributed by atoms with van der Waals surface area (Å²) in [7, 11) is 0. The van der Waals surface area contributed by atoms with E-state index in [-0.39, 0.29) is 0 Å². The van der Waals surface area contributed by atoms with E-state index in [2.05, 4.69) is 25.4 Å². The number of benzene rings is 1. The van der Waals surface area contributed by atoms with Crippen molar-refractivity contribution in [3.63, 3.8) is 0 Å². The number of rotatable bonds is 8. The predicted molar refractivity (Wildman–Crippen MR) is 82.7 cm³/mol. The molecule has 0 N–H and O–H groups in total. The van der Waals surface area contributed by atoms with Gasteiger partial charge in [0.2, 0.25) is 0 Å². The topological polar surface area (TPSA) is 29.4 Å². The molecule has 0 aliphatic carbocycles. The molecule has 0 aliphatic heterocycles. The fourth-order valence-electron chi connectivity index (χ4n) is 1.91. The van der Waals surface area contributed by atoms with Crippen LogP contribution in [-0.2, 0) is 0 Å². The Bertz CT molecular complexity index is 443. The van der Waals surface area contributed by atoms with Crippen molar-refractivity contribution in [2.75, 3.05) is 0 Å². The van der Waals surface area contributed by atoms with Gasteiger partial charge in [-0.05, 0) is 25.3 Å². The Morgan fingerprint density at radius 1 is 1.21 bits per heavy atom. The van der Waals surface area contributed by atoms with Gasteiger partial charge in [-0.2, -0.15) is 0 Å². The molecular formula is C17H23NO. The van der Waals surface area contributed by atoms with E-state index in [1.54, 1.807) is 12.1 Å². The molecule has 102 valence electrons. The maximum absolute atomic E-state index is 10.6. The van der Waals surface area contributed by atoms with Crippen LogP contribution < -0.4 is 0 Å². The van der Waals surface area contributed by atoms with Crippen LogP contribution in [-0.4, -0.2) is 12.0 Å². The quantitative estimate of drug-likeness (QED) is 0.370. The predicted octanol–water partition coefficient (Wildman–Crippen LogP) is 4.90. The van der Waals surface area contributed by atoms with E-state index in [0.29, 0.717) is 5.56 Å². The zero-order valence-electron chi connectivity index (χ0n) is 12.0. The molecule has 0 fully saturated rings. The Morgan fingerprint density at radius 3 is 2.47 bits per heavy atom. The van der Waals surface area contributed by atoms with Crippen molar-refractivity contribution in [2.45, 2.75) is 46.0 Å². The average molecular weight is 257 g/mol. The number of unbranched alkanes of at least 4 members (excludes halogenated alkanes) is 3. The minimum Gasteiger partial charge on any atom is -0.298 e. The van der Waals surface area contributed by atoms with E-state index < -0.39 is 0 Å². The summed E-state index contributed by atoms with van der Waals surface area (Å²) < 4.78 is 0. The van der Waals surface area contributed by atoms with Crippen LogP contribution in [0.1, 0.15) is 61.9 Å². The Kier molecular flexibility index (Phi) is 6.80. The molecule has 0 amide bonds. The fourth-order valence-corrected chi connectivity index (χ4v) is 1.91. The Labute approximate surface area is 116 Å². The van der Waals surface area contributed by atoms with Gasteiger partial charge < -0.3 is 0 Å². The first-order chi connectivity index (χ1) is 9.17. The van der Waals surface area contributed by atoms with Crippen LogP contribution in [0.2, 0.25) is 0 Å². The molecule has 0 unspecified atom stereocenters. The highest BCUT2D eigenvalue weighted by Gasteiger charge is 1.99. The summed E-state index contributed by atoms with van der Waals surface area (Å²) in [5, 5.41) is 0. The third kappa shape index (κ3) is 5.64. The molecule has 1 aromatic rings. The summed E-state index contributed by atoms with van der Waals surface area (Å²) in [6.07, 6.45) is 6.89. The van der Waals surface area contributed by atoms with E-state index >= 15 is 0 Å². The normalized spacial score (nSPS) is 11.4. The number of carbonyl (C=O) groups is 1. The van der Waals surface area contributed by atoms with Gasteiger partial charge >= 0.3 is 0 Å². The fraction of sp³-hybridized carbons (Fsp3) is 0.412. The van der Waals surface area contributed by atoms with Crippen LogP contribution in [0.25, 0.3) is 5.70 Å². The van der Waals surface area contributed by atoms with Crippen molar-refractivity contribution in [1.82, 2.24) is 0 Å². The highest BCUT2D eigenvalue weighted by atomic mass is 16.1. The lowest BCUT2D eigenvalue weighted by Gasteiger charge is -2.04. The summed E-state index contributed by atoms with van der Waals surface area (Å²) in [4.78, 5) is 15.1. The number of hydrogen-bond donors (Lipinski definition) is 0. The molecular weight excluding hydrogens is 234 g/mol. The van der Waals surface area contributed by atoms with Crippen molar-refractivity contribution >= 4 is 17.7 Å². The summed E-state index contributed by atoms with van der Waals surface area (Å²) in [6, 6.07) is 7.36. The van der Waals surface area contributed by atoms with Crippen LogP contribution in [0, 0.1) is 0 Å². The largest absolute Gasteiger partial charge is 0.298 e. The van der Waals surface area contributed by atoms with Crippen molar-refractivity contribution < 1.29 is 4.79 Å². The summed E-state index contributed by atoms with van der Waals surface area (Å²) in [5.41, 5.74) is 3.54. The van der Waals surface area contributed by atoms with Crippen molar-refractivity contribution in [3.05, 3.63) is 42.0 Å². The molecule has 1 aromatic carbocycles. The van der Waals surface area contributed by atoms with Gasteiger partial charge in [-0.3, -0.25) is 9.79 Å². The van der Waals surface area contributed by atoms with Gasteiger partial charge in [-0.15, -0.1) is 0 Å². The van der Waals surface area contributed by atoms with Gasteiger partial charge in [0.25, 0.3) is 0 Å². The second kappa shape index (κ2) is 8.41. The van der Waals surface area contributed by atoms with Crippen LogP contribution in [0.3, 0.4) is 0 Å². The Balaban J connectivity index is 2.53. The maximum atomic E-state index is 10.6. The number of aldehydes is 1. The monoisotopic (exact) mass is 257 g/mol. The molecule has 1 rings (SSSR count). The van der Waals surface area contributed by atoms with Gasteiger partial charge in [0.15, 0.2) is 0 Å². The molecule has 0 atom stereocenters. The first-order valence-electron chi connectivity index (χ1n) is 6.96. The minimum atomic E-state index is 0.678. The molecule has 19 heavy (non-hydrogen) atoms. The zero-order chi connectivity index (χ0) is 14.1. The highest BCUT2D eigenvalue weighted by molar-refractivity contribution is 5.87. The second-order valence-electron chi connectivity index (χ2n) is 4.84. The molecule has 0 aliphatic rings. The van der Waals surface area contributed by atoms with Crippen LogP contribution in [0.15, 0.2) is 35.8 Å². The van der Waals surface area contributed by atoms with Gasteiger partial charge in [-0.25, -0.2) is 0 Å². The first-order valence-corrected chi connectivity index (χ1v) is 6.96. The smallest absolute Gasteiger partial charge is 0.150 e. The number of hydrogen-bond acceptors (Lipinski definition) is 2. The highest BCUT2D eigenvalue weighted by Crippen LogP contribution is 2.15. The Hall–Kier alpha value is -1.70. The van der Waals surface area contributed by atoms with Gasteiger partial charge in [0.1, 0.15) is 6.29 Å². The molecule has 2 heteroatoms. The lowest BCUT2D eigenvalue weighted by atomic mass is 10.1. The zero-order valence-corrected chi connectivity index (χ0v) is 12.0. The molecule has 0 radical (unpaired) electrons. The molecule has 0 aromatic heterocycles. The third-order valence-electron chi connectivity index (χ3n) is 3.10. The molecule has 0 spiro atoms. The molecule has 0 bridgehead atoms. The van der Waals surface area contributed by atoms with Crippen LogP contribution in [0.4, 0.5) is 0 Å². The summed E-state index contributed by atoms with van der Waals surface area (Å²) in [6.45, 7) is 8.26. The molecule has 2 nitrogen and oxygen atoms in total. The molecule has 0 saturated carbocycles. The summed E-state index contributed by atoms with van der Waals surface area (Å²) >= 11 is 0. The van der Waals surface area contributed by atoms with Gasteiger partial charge in [-0.1, -0.05) is 57.0 Å². The summed E-state index contributed by atoms with van der Waals surface area (Å²) in [5.74, 6) is 0. The number of nitrogens with zero attached hydrogens (tertiary/aromatic N) is 1. The molecule has 0 heterocycles. The van der Waals surface area contributed by atoms with Gasteiger partial charge in [0, 0.05) is 11.3 Å². The Morgan fingerprint density at radius 2 is 1.89 bits per heavy atom. The lowest BCUT2D eigenvalue weighted by molar-refractivity contribution is 0.112. The minimum absolute atomic E-state index is 0.678. The third-order valence-corrected chi connectivity index (χ3v) is 3.10.